The highest BCUT2D eigenvalue weighted by Gasteiger charge is 2.30. The first kappa shape index (κ1) is 26.0. The van der Waals surface area contributed by atoms with Crippen LogP contribution in [0.1, 0.15) is 49.8 Å². The van der Waals surface area contributed by atoms with Gasteiger partial charge in [-0.25, -0.2) is 0 Å². The molecule has 7 nitrogen and oxygen atoms in total. The zero-order valence-corrected chi connectivity index (χ0v) is 19.7. The number of alkyl halides is 3. The first-order valence-electron chi connectivity index (χ1n) is 12.0. The summed E-state index contributed by atoms with van der Waals surface area (Å²) in [4.78, 5) is 16.3. The monoisotopic (exact) mass is 507 g/mol. The molecule has 10 heteroatoms. The fraction of sp³-hybridized carbons (Fsp3) is 0.462. The number of hydrogen-bond donors (Lipinski definition) is 0. The van der Waals surface area contributed by atoms with E-state index in [4.69, 9.17) is 23.4 Å². The van der Waals surface area contributed by atoms with Gasteiger partial charge in [-0.15, -0.1) is 0 Å². The highest BCUT2D eigenvalue weighted by atomic mass is 19.4. The summed E-state index contributed by atoms with van der Waals surface area (Å²) in [6.07, 6.45) is 3.15. The number of halogens is 3. The largest absolute Gasteiger partial charge is 0.493 e. The summed E-state index contributed by atoms with van der Waals surface area (Å²) < 4.78 is 66.6. The standard InChI is InChI=1S/C26H28F3NO6/c27-26(28,29)18-7-8-20-21(14-18)30-10-9-23(20)32-11-3-1-4-12-33-24-17-35-19(15-22(24)31)16-36-25-6-2-5-13-34-25/h7-10,14-15,17,25H,1-6,11-13,16H2. The van der Waals surface area contributed by atoms with E-state index < -0.39 is 11.7 Å². The van der Waals surface area contributed by atoms with Gasteiger partial charge in [0.05, 0.1) is 24.3 Å². The molecule has 4 rings (SSSR count). The molecule has 0 bridgehead atoms. The van der Waals surface area contributed by atoms with Gasteiger partial charge in [0, 0.05) is 24.3 Å². The van der Waals surface area contributed by atoms with Crippen molar-refractivity contribution in [3.05, 3.63) is 64.3 Å². The minimum Gasteiger partial charge on any atom is -0.493 e. The average Bonchev–Trinajstić information content (AvgIpc) is 2.87. The minimum absolute atomic E-state index is 0.144. The van der Waals surface area contributed by atoms with Crippen LogP contribution in [0.2, 0.25) is 0 Å². The van der Waals surface area contributed by atoms with Gasteiger partial charge in [0.1, 0.15) is 24.4 Å². The number of rotatable bonds is 11. The van der Waals surface area contributed by atoms with Gasteiger partial charge in [-0.2, -0.15) is 13.2 Å². The molecule has 1 saturated heterocycles. The summed E-state index contributed by atoms with van der Waals surface area (Å²) in [5, 5.41) is 0.528. The van der Waals surface area contributed by atoms with E-state index in [1.807, 2.05) is 0 Å². The van der Waals surface area contributed by atoms with Crippen LogP contribution in [0, 0.1) is 0 Å². The van der Waals surface area contributed by atoms with E-state index in [-0.39, 0.29) is 29.6 Å². The number of ether oxygens (including phenoxy) is 4. The molecular formula is C26H28F3NO6. The highest BCUT2D eigenvalue weighted by Crippen LogP contribution is 2.33. The summed E-state index contributed by atoms with van der Waals surface area (Å²) in [6.45, 7) is 1.58. The Bertz CT molecular complexity index is 1190. The second-order valence-corrected chi connectivity index (χ2v) is 8.48. The normalized spacial score (nSPS) is 16.2. The Balaban J connectivity index is 1.16. The molecule has 1 aliphatic heterocycles. The van der Waals surface area contributed by atoms with Crippen molar-refractivity contribution in [3.63, 3.8) is 0 Å². The predicted molar refractivity (Wildman–Crippen MR) is 125 cm³/mol. The van der Waals surface area contributed by atoms with Crippen LogP contribution in [0.5, 0.6) is 11.5 Å². The van der Waals surface area contributed by atoms with E-state index in [1.165, 1.54) is 24.6 Å². The Morgan fingerprint density at radius 3 is 2.53 bits per heavy atom. The van der Waals surface area contributed by atoms with Gasteiger partial charge in [0.15, 0.2) is 6.29 Å². The van der Waals surface area contributed by atoms with Crippen LogP contribution in [-0.4, -0.2) is 31.1 Å². The Hall–Kier alpha value is -3.11. The van der Waals surface area contributed by atoms with Crippen molar-refractivity contribution in [2.75, 3.05) is 19.8 Å². The van der Waals surface area contributed by atoms with Gasteiger partial charge in [-0.3, -0.25) is 9.78 Å². The van der Waals surface area contributed by atoms with Crippen LogP contribution >= 0.6 is 0 Å². The van der Waals surface area contributed by atoms with Gasteiger partial charge < -0.3 is 23.4 Å². The van der Waals surface area contributed by atoms with E-state index >= 15 is 0 Å². The van der Waals surface area contributed by atoms with Crippen molar-refractivity contribution < 1.29 is 36.5 Å². The van der Waals surface area contributed by atoms with Crippen molar-refractivity contribution >= 4 is 10.9 Å². The summed E-state index contributed by atoms with van der Waals surface area (Å²) >= 11 is 0. The van der Waals surface area contributed by atoms with Crippen molar-refractivity contribution in [2.24, 2.45) is 0 Å². The molecule has 1 aliphatic rings. The second kappa shape index (κ2) is 12.2. The van der Waals surface area contributed by atoms with Crippen molar-refractivity contribution in [2.45, 2.75) is 57.6 Å². The maximum absolute atomic E-state index is 12.9. The Labute approximate surface area is 206 Å². The zero-order chi connectivity index (χ0) is 25.4. The molecule has 3 heterocycles. The fourth-order valence-corrected chi connectivity index (χ4v) is 3.81. The zero-order valence-electron chi connectivity index (χ0n) is 19.7. The van der Waals surface area contributed by atoms with E-state index in [0.29, 0.717) is 49.6 Å². The first-order chi connectivity index (χ1) is 17.4. The lowest BCUT2D eigenvalue weighted by atomic mass is 10.1. The van der Waals surface area contributed by atoms with Crippen LogP contribution < -0.4 is 14.9 Å². The lowest BCUT2D eigenvalue weighted by Crippen LogP contribution is -2.22. The molecule has 36 heavy (non-hydrogen) atoms. The number of aromatic nitrogens is 1. The van der Waals surface area contributed by atoms with Gasteiger partial charge in [-0.05, 0) is 62.8 Å². The van der Waals surface area contributed by atoms with Crippen LogP contribution in [0.3, 0.4) is 0 Å². The molecule has 3 aromatic rings. The molecule has 1 fully saturated rings. The quantitative estimate of drug-likeness (QED) is 0.300. The topological polar surface area (TPSA) is 80.0 Å². The van der Waals surface area contributed by atoms with Gasteiger partial charge in [0.25, 0.3) is 0 Å². The van der Waals surface area contributed by atoms with Crippen LogP contribution in [-0.2, 0) is 22.3 Å². The molecule has 194 valence electrons. The molecule has 1 unspecified atom stereocenters. The molecule has 0 spiro atoms. The molecule has 2 aromatic heterocycles. The lowest BCUT2D eigenvalue weighted by molar-refractivity contribution is -0.171. The Kier molecular flexibility index (Phi) is 8.82. The molecule has 0 N–H and O–H groups in total. The molecule has 1 aromatic carbocycles. The summed E-state index contributed by atoms with van der Waals surface area (Å²) in [5.41, 5.74) is -0.786. The van der Waals surface area contributed by atoms with Crippen LogP contribution in [0.15, 0.2) is 52.0 Å². The predicted octanol–water partition coefficient (Wildman–Crippen LogP) is 5.88. The highest BCUT2D eigenvalue weighted by molar-refractivity contribution is 5.85. The third-order valence-electron chi connectivity index (χ3n) is 5.74. The number of unbranched alkanes of at least 4 members (excludes halogenated alkanes) is 2. The average molecular weight is 508 g/mol. The molecular weight excluding hydrogens is 479 g/mol. The maximum atomic E-state index is 12.9. The third kappa shape index (κ3) is 7.20. The molecule has 1 atom stereocenters. The van der Waals surface area contributed by atoms with E-state index in [0.717, 1.165) is 37.8 Å². The van der Waals surface area contributed by atoms with Crippen molar-refractivity contribution in [1.29, 1.82) is 0 Å². The second-order valence-electron chi connectivity index (χ2n) is 8.48. The number of benzene rings is 1. The van der Waals surface area contributed by atoms with Crippen LogP contribution in [0.4, 0.5) is 13.2 Å². The minimum atomic E-state index is -4.42. The number of pyridine rings is 1. The SMILES string of the molecule is O=c1cc(COC2CCCCO2)occ1OCCCCCOc1ccnc2cc(C(F)(F)F)ccc12. The van der Waals surface area contributed by atoms with Crippen LogP contribution in [0.25, 0.3) is 10.9 Å². The number of hydrogen-bond acceptors (Lipinski definition) is 7. The fourth-order valence-electron chi connectivity index (χ4n) is 3.81. The van der Waals surface area contributed by atoms with Gasteiger partial charge in [-0.1, -0.05) is 0 Å². The number of nitrogens with zero attached hydrogens (tertiary/aromatic N) is 1. The smallest absolute Gasteiger partial charge is 0.416 e. The summed E-state index contributed by atoms with van der Waals surface area (Å²) in [7, 11) is 0. The van der Waals surface area contributed by atoms with Crippen molar-refractivity contribution in [1.82, 2.24) is 4.98 Å². The lowest BCUT2D eigenvalue weighted by Gasteiger charge is -2.22. The van der Waals surface area contributed by atoms with E-state index in [2.05, 4.69) is 4.98 Å². The van der Waals surface area contributed by atoms with Gasteiger partial charge >= 0.3 is 6.18 Å². The van der Waals surface area contributed by atoms with E-state index in [9.17, 15) is 18.0 Å². The third-order valence-corrected chi connectivity index (χ3v) is 5.74. The molecule has 0 radical (unpaired) electrons. The Morgan fingerprint density at radius 1 is 1.00 bits per heavy atom. The van der Waals surface area contributed by atoms with Gasteiger partial charge in [0.2, 0.25) is 11.2 Å². The Morgan fingerprint density at radius 2 is 1.81 bits per heavy atom. The van der Waals surface area contributed by atoms with E-state index in [1.54, 1.807) is 6.07 Å². The molecule has 0 amide bonds. The number of fused-ring (bicyclic) bond motifs is 1. The summed E-state index contributed by atoms with van der Waals surface area (Å²) in [5.74, 6) is 1.05. The first-order valence-corrected chi connectivity index (χ1v) is 12.0. The maximum Gasteiger partial charge on any atom is 0.416 e. The summed E-state index contributed by atoms with van der Waals surface area (Å²) in [6, 6.07) is 6.41. The molecule has 0 aliphatic carbocycles. The van der Waals surface area contributed by atoms with Crippen molar-refractivity contribution in [3.8, 4) is 11.5 Å². The molecule has 0 saturated carbocycles.